The number of aromatic carboxylic acids is 1. The molecule has 134 valence electrons. The molecule has 9 heteroatoms. The lowest BCUT2D eigenvalue weighted by Crippen LogP contribution is -2.25. The Morgan fingerprint density at radius 1 is 1.40 bits per heavy atom. The van der Waals surface area contributed by atoms with Crippen molar-refractivity contribution < 1.29 is 24.2 Å². The van der Waals surface area contributed by atoms with Crippen molar-refractivity contribution in [3.63, 3.8) is 0 Å². The third kappa shape index (κ3) is 3.87. The SMILES string of the molecule is CCOC(=O)c1c(NC(=O)C(C)n2ccc(C(=O)O)n2)sc(C)c1C. The summed E-state index contributed by atoms with van der Waals surface area (Å²) in [6, 6.07) is 0.570. The van der Waals surface area contributed by atoms with Gasteiger partial charge in [0.1, 0.15) is 11.0 Å². The van der Waals surface area contributed by atoms with Crippen molar-refractivity contribution in [3.8, 4) is 0 Å². The number of nitrogens with one attached hydrogen (secondary N) is 1. The molecule has 0 aliphatic heterocycles. The minimum atomic E-state index is -1.17. The maximum atomic E-state index is 12.5. The third-order valence-corrected chi connectivity index (χ3v) is 4.83. The van der Waals surface area contributed by atoms with Crippen molar-refractivity contribution in [1.82, 2.24) is 9.78 Å². The van der Waals surface area contributed by atoms with Crippen LogP contribution < -0.4 is 5.32 Å². The van der Waals surface area contributed by atoms with Crippen molar-refractivity contribution in [3.05, 3.63) is 34.0 Å². The summed E-state index contributed by atoms with van der Waals surface area (Å²) in [5.74, 6) is -2.06. The first-order valence-corrected chi connectivity index (χ1v) is 8.44. The van der Waals surface area contributed by atoms with Crippen LogP contribution in [0.2, 0.25) is 0 Å². The predicted octanol–water partition coefficient (Wildman–Crippen LogP) is 2.64. The Kier molecular flexibility index (Phi) is 5.58. The number of ether oxygens (including phenoxy) is 1. The number of carboxylic acids is 1. The molecule has 0 bridgehead atoms. The zero-order valence-electron chi connectivity index (χ0n) is 14.3. The molecule has 0 spiro atoms. The lowest BCUT2D eigenvalue weighted by Gasteiger charge is -2.13. The second kappa shape index (κ2) is 7.47. The lowest BCUT2D eigenvalue weighted by molar-refractivity contribution is -0.119. The number of thiophene rings is 1. The molecule has 0 saturated heterocycles. The summed E-state index contributed by atoms with van der Waals surface area (Å²) < 4.78 is 6.31. The predicted molar refractivity (Wildman–Crippen MR) is 92.3 cm³/mol. The van der Waals surface area contributed by atoms with Crippen molar-refractivity contribution in [2.45, 2.75) is 33.7 Å². The molecule has 0 aliphatic carbocycles. The van der Waals surface area contributed by atoms with Gasteiger partial charge in [-0.2, -0.15) is 5.10 Å². The van der Waals surface area contributed by atoms with Gasteiger partial charge in [0.05, 0.1) is 12.2 Å². The largest absolute Gasteiger partial charge is 0.476 e. The Morgan fingerprint density at radius 3 is 2.64 bits per heavy atom. The summed E-state index contributed by atoms with van der Waals surface area (Å²) in [6.07, 6.45) is 1.42. The highest BCUT2D eigenvalue weighted by atomic mass is 32.1. The number of aryl methyl sites for hydroxylation is 1. The van der Waals surface area contributed by atoms with E-state index >= 15 is 0 Å². The second-order valence-electron chi connectivity index (χ2n) is 5.36. The monoisotopic (exact) mass is 365 g/mol. The van der Waals surface area contributed by atoms with Gasteiger partial charge in [0, 0.05) is 11.1 Å². The number of anilines is 1. The Morgan fingerprint density at radius 2 is 2.08 bits per heavy atom. The zero-order chi connectivity index (χ0) is 18.7. The van der Waals surface area contributed by atoms with Crippen molar-refractivity contribution in [2.24, 2.45) is 0 Å². The van der Waals surface area contributed by atoms with Crippen molar-refractivity contribution >= 4 is 34.2 Å². The number of rotatable bonds is 6. The van der Waals surface area contributed by atoms with Crippen LogP contribution in [0.15, 0.2) is 12.3 Å². The van der Waals surface area contributed by atoms with Crippen LogP contribution in [0.4, 0.5) is 5.00 Å². The number of hydrogen-bond donors (Lipinski definition) is 2. The van der Waals surface area contributed by atoms with Crippen LogP contribution >= 0.6 is 11.3 Å². The van der Waals surface area contributed by atoms with Gasteiger partial charge in [-0.1, -0.05) is 0 Å². The van der Waals surface area contributed by atoms with Crippen LogP contribution in [-0.4, -0.2) is 39.3 Å². The zero-order valence-corrected chi connectivity index (χ0v) is 15.1. The molecule has 2 heterocycles. The van der Waals surface area contributed by atoms with Crippen LogP contribution in [0.5, 0.6) is 0 Å². The van der Waals surface area contributed by atoms with Crippen LogP contribution in [0.3, 0.4) is 0 Å². The fourth-order valence-electron chi connectivity index (χ4n) is 2.17. The molecule has 8 nitrogen and oxygen atoms in total. The number of amides is 1. The van der Waals surface area contributed by atoms with E-state index in [1.54, 1.807) is 20.8 Å². The summed E-state index contributed by atoms with van der Waals surface area (Å²) in [5.41, 5.74) is 0.963. The number of carbonyl (C=O) groups is 3. The van der Waals surface area contributed by atoms with Crippen molar-refractivity contribution in [1.29, 1.82) is 0 Å². The third-order valence-electron chi connectivity index (χ3n) is 3.71. The highest BCUT2D eigenvalue weighted by Crippen LogP contribution is 2.33. The molecule has 25 heavy (non-hydrogen) atoms. The number of carbonyl (C=O) groups excluding carboxylic acids is 2. The van der Waals surface area contributed by atoms with E-state index in [1.807, 2.05) is 6.92 Å². The molecule has 0 aliphatic rings. The maximum Gasteiger partial charge on any atom is 0.356 e. The van der Waals surface area contributed by atoms with Gasteiger partial charge in [0.2, 0.25) is 5.91 Å². The van der Waals surface area contributed by atoms with Gasteiger partial charge >= 0.3 is 11.9 Å². The molecular formula is C16H19N3O5S. The quantitative estimate of drug-likeness (QED) is 0.762. The molecule has 0 saturated carbocycles. The highest BCUT2D eigenvalue weighted by molar-refractivity contribution is 7.16. The average Bonchev–Trinajstić information content (AvgIpc) is 3.13. The van der Waals surface area contributed by atoms with E-state index in [1.165, 1.54) is 28.3 Å². The molecule has 2 N–H and O–H groups in total. The average molecular weight is 365 g/mol. The maximum absolute atomic E-state index is 12.5. The van der Waals surface area contributed by atoms with Gasteiger partial charge in [0.15, 0.2) is 5.69 Å². The molecule has 1 unspecified atom stereocenters. The van der Waals surface area contributed by atoms with Crippen molar-refractivity contribution in [2.75, 3.05) is 11.9 Å². The van der Waals surface area contributed by atoms with Gasteiger partial charge in [-0.25, -0.2) is 9.59 Å². The van der Waals surface area contributed by atoms with Gasteiger partial charge in [-0.05, 0) is 39.3 Å². The Balaban J connectivity index is 2.23. The summed E-state index contributed by atoms with van der Waals surface area (Å²) >= 11 is 1.29. The van der Waals surface area contributed by atoms with Crippen LogP contribution in [0, 0.1) is 13.8 Å². The van der Waals surface area contributed by atoms with E-state index in [4.69, 9.17) is 9.84 Å². The van der Waals surface area contributed by atoms with Gasteiger partial charge in [-0.15, -0.1) is 11.3 Å². The molecule has 0 radical (unpaired) electrons. The Hall–Kier alpha value is -2.68. The summed E-state index contributed by atoms with van der Waals surface area (Å²) in [6.45, 7) is 7.19. The number of carboxylic acid groups (broad SMARTS) is 1. The molecule has 2 aromatic heterocycles. The first kappa shape index (κ1) is 18.7. The standard InChI is InChI=1S/C16H19N3O5S/c1-5-24-16(23)12-8(2)10(4)25-14(12)17-13(20)9(3)19-7-6-11(18-19)15(21)22/h6-7,9H,5H2,1-4H3,(H,17,20)(H,21,22). The molecule has 0 fully saturated rings. The van der Waals surface area contributed by atoms with Crippen LogP contribution in [0.1, 0.15) is 51.2 Å². The number of hydrogen-bond acceptors (Lipinski definition) is 6. The minimum absolute atomic E-state index is 0.144. The number of nitrogens with zero attached hydrogens (tertiary/aromatic N) is 2. The van der Waals surface area contributed by atoms with E-state index in [0.717, 1.165) is 10.4 Å². The summed E-state index contributed by atoms with van der Waals surface area (Å²) in [7, 11) is 0. The van der Waals surface area contributed by atoms with E-state index < -0.39 is 23.9 Å². The van der Waals surface area contributed by atoms with E-state index in [0.29, 0.717) is 10.6 Å². The normalized spacial score (nSPS) is 11.8. The highest BCUT2D eigenvalue weighted by Gasteiger charge is 2.24. The minimum Gasteiger partial charge on any atom is -0.476 e. The molecule has 2 rings (SSSR count). The van der Waals surface area contributed by atoms with Gasteiger partial charge < -0.3 is 15.2 Å². The first-order chi connectivity index (χ1) is 11.8. The molecule has 0 aromatic carbocycles. The fourth-order valence-corrected chi connectivity index (χ4v) is 3.22. The fraction of sp³-hybridized carbons (Fsp3) is 0.375. The summed E-state index contributed by atoms with van der Waals surface area (Å²) in [4.78, 5) is 36.4. The topological polar surface area (TPSA) is 111 Å². The second-order valence-corrected chi connectivity index (χ2v) is 6.58. The Bertz CT molecular complexity index is 824. The number of aromatic nitrogens is 2. The van der Waals surface area contributed by atoms with Gasteiger partial charge in [0.25, 0.3) is 0 Å². The molecule has 2 aromatic rings. The summed E-state index contributed by atoms with van der Waals surface area (Å²) in [5, 5.41) is 15.9. The Labute approximate surface area is 148 Å². The lowest BCUT2D eigenvalue weighted by atomic mass is 10.1. The smallest absolute Gasteiger partial charge is 0.356 e. The number of esters is 1. The van der Waals surface area contributed by atoms with E-state index in [-0.39, 0.29) is 12.3 Å². The van der Waals surface area contributed by atoms with E-state index in [2.05, 4.69) is 10.4 Å². The van der Waals surface area contributed by atoms with Gasteiger partial charge in [-0.3, -0.25) is 9.48 Å². The van der Waals surface area contributed by atoms with Crippen LogP contribution in [0.25, 0.3) is 0 Å². The molecular weight excluding hydrogens is 346 g/mol. The van der Waals surface area contributed by atoms with Crippen LogP contribution in [-0.2, 0) is 9.53 Å². The first-order valence-electron chi connectivity index (χ1n) is 7.62. The molecule has 1 amide bonds. The molecule has 1 atom stereocenters. The van der Waals surface area contributed by atoms with E-state index in [9.17, 15) is 14.4 Å².